The second-order valence-electron chi connectivity index (χ2n) is 6.95. The number of H-pyrrole nitrogens is 1. The number of carbonyl (C=O) groups excluding carboxylic acids is 1. The summed E-state index contributed by atoms with van der Waals surface area (Å²) in [5.41, 5.74) is 2.38. The number of nitrogens with zero attached hydrogens (tertiary/aromatic N) is 1. The van der Waals surface area contributed by atoms with Gasteiger partial charge in [0.05, 0.1) is 12.1 Å². The zero-order valence-corrected chi connectivity index (χ0v) is 17.1. The maximum atomic E-state index is 12.2. The van der Waals surface area contributed by atoms with Crippen LogP contribution in [0.15, 0.2) is 88.8 Å². The first-order valence-corrected chi connectivity index (χ1v) is 10.7. The third-order valence-electron chi connectivity index (χ3n) is 4.64. The number of benzene rings is 3. The van der Waals surface area contributed by atoms with E-state index in [0.29, 0.717) is 23.1 Å². The summed E-state index contributed by atoms with van der Waals surface area (Å²) in [5.74, 6) is 0.514. The molecule has 0 fully saturated rings. The number of thioether (sulfide) groups is 1. The molecule has 0 saturated heterocycles. The molecule has 4 aromatic rings. The van der Waals surface area contributed by atoms with Crippen LogP contribution in [0.1, 0.15) is 16.8 Å². The van der Waals surface area contributed by atoms with Crippen LogP contribution in [-0.4, -0.2) is 15.9 Å². The molecule has 0 spiro atoms. The predicted octanol–water partition coefficient (Wildman–Crippen LogP) is 4.07. The summed E-state index contributed by atoms with van der Waals surface area (Å²) in [5, 5.41) is 5.76. The summed E-state index contributed by atoms with van der Waals surface area (Å²) in [4.78, 5) is 31.5. The minimum atomic E-state index is -0.253. The summed E-state index contributed by atoms with van der Waals surface area (Å²) < 4.78 is 0. The lowest BCUT2D eigenvalue weighted by molar-refractivity contribution is -0.120. The van der Waals surface area contributed by atoms with Crippen molar-refractivity contribution in [2.75, 3.05) is 0 Å². The number of hydrogen-bond acceptors (Lipinski definition) is 4. The van der Waals surface area contributed by atoms with Crippen LogP contribution in [0.4, 0.5) is 0 Å². The second kappa shape index (κ2) is 9.41. The number of carbonyl (C=O) groups is 1. The number of aromatic amines is 1. The Balaban J connectivity index is 1.38. The van der Waals surface area contributed by atoms with Gasteiger partial charge >= 0.3 is 0 Å². The third-order valence-corrected chi connectivity index (χ3v) is 5.58. The van der Waals surface area contributed by atoms with Crippen molar-refractivity contribution >= 4 is 28.4 Å². The van der Waals surface area contributed by atoms with E-state index in [1.54, 1.807) is 0 Å². The van der Waals surface area contributed by atoms with Crippen molar-refractivity contribution in [3.63, 3.8) is 0 Å². The van der Waals surface area contributed by atoms with E-state index >= 15 is 0 Å². The van der Waals surface area contributed by atoms with Gasteiger partial charge in [0, 0.05) is 18.4 Å². The van der Waals surface area contributed by atoms with Crippen molar-refractivity contribution in [1.82, 2.24) is 15.3 Å². The molecular formula is C24H21N3O2S. The van der Waals surface area contributed by atoms with E-state index in [4.69, 9.17) is 0 Å². The van der Waals surface area contributed by atoms with Crippen molar-refractivity contribution in [2.24, 2.45) is 0 Å². The van der Waals surface area contributed by atoms with Gasteiger partial charge in [-0.2, -0.15) is 0 Å². The van der Waals surface area contributed by atoms with E-state index in [1.807, 2.05) is 42.5 Å². The molecule has 1 aromatic heterocycles. The Kier molecular flexibility index (Phi) is 6.25. The smallest absolute Gasteiger partial charge is 0.251 e. The molecule has 3 aromatic carbocycles. The lowest BCUT2D eigenvalue weighted by atomic mass is 10.1. The van der Waals surface area contributed by atoms with E-state index in [0.717, 1.165) is 11.1 Å². The quantitative estimate of drug-likeness (QED) is 0.352. The molecule has 1 heterocycles. The van der Waals surface area contributed by atoms with Crippen LogP contribution in [0.5, 0.6) is 0 Å². The lowest BCUT2D eigenvalue weighted by Gasteiger charge is -2.07. The Labute approximate surface area is 178 Å². The zero-order chi connectivity index (χ0) is 20.8. The molecule has 1 amide bonds. The standard InChI is InChI=1S/C24H21N3O2S/c28-22(25-15-17-6-2-1-3-7-17)13-21-14-23(29)27-24(26-21)30-16-18-10-11-19-8-4-5-9-20(19)12-18/h1-12,14H,13,15-16H2,(H,25,28)(H,26,27,29). The molecule has 5 nitrogen and oxygen atoms in total. The first kappa shape index (κ1) is 19.9. The predicted molar refractivity (Wildman–Crippen MR) is 120 cm³/mol. The van der Waals surface area contributed by atoms with E-state index in [1.165, 1.54) is 28.6 Å². The molecule has 6 heteroatoms. The Bertz CT molecular complexity index is 1220. The van der Waals surface area contributed by atoms with Gasteiger partial charge < -0.3 is 10.3 Å². The van der Waals surface area contributed by atoms with Crippen LogP contribution in [0.2, 0.25) is 0 Å². The van der Waals surface area contributed by atoms with Crippen molar-refractivity contribution < 1.29 is 4.79 Å². The molecule has 4 rings (SSSR count). The number of amides is 1. The average Bonchev–Trinajstić information content (AvgIpc) is 2.76. The highest BCUT2D eigenvalue weighted by atomic mass is 32.2. The Hall–Kier alpha value is -3.38. The van der Waals surface area contributed by atoms with Crippen molar-refractivity contribution in [1.29, 1.82) is 0 Å². The fourth-order valence-corrected chi connectivity index (χ4v) is 3.98. The number of hydrogen-bond donors (Lipinski definition) is 2. The van der Waals surface area contributed by atoms with Crippen molar-refractivity contribution in [3.05, 3.63) is 106 Å². The molecule has 30 heavy (non-hydrogen) atoms. The average molecular weight is 416 g/mol. The first-order chi connectivity index (χ1) is 14.7. The van der Waals surface area contributed by atoms with Gasteiger partial charge in [-0.25, -0.2) is 4.98 Å². The molecule has 0 aliphatic carbocycles. The van der Waals surface area contributed by atoms with Crippen LogP contribution >= 0.6 is 11.8 Å². The van der Waals surface area contributed by atoms with Crippen LogP contribution in [0.3, 0.4) is 0 Å². The minimum Gasteiger partial charge on any atom is -0.352 e. The minimum absolute atomic E-state index is 0.0697. The van der Waals surface area contributed by atoms with E-state index in [-0.39, 0.29) is 17.9 Å². The highest BCUT2D eigenvalue weighted by Gasteiger charge is 2.08. The second-order valence-corrected chi connectivity index (χ2v) is 7.92. The molecule has 0 unspecified atom stereocenters. The number of aromatic nitrogens is 2. The summed E-state index contributed by atoms with van der Waals surface area (Å²) >= 11 is 1.45. The molecule has 150 valence electrons. The van der Waals surface area contributed by atoms with E-state index in [9.17, 15) is 9.59 Å². The lowest BCUT2D eigenvalue weighted by Crippen LogP contribution is -2.25. The number of fused-ring (bicyclic) bond motifs is 1. The summed E-state index contributed by atoms with van der Waals surface area (Å²) in [6.07, 6.45) is 0.0697. The molecule has 0 saturated carbocycles. The van der Waals surface area contributed by atoms with E-state index in [2.05, 4.69) is 45.6 Å². The van der Waals surface area contributed by atoms with Gasteiger partial charge in [-0.1, -0.05) is 84.6 Å². The molecule has 2 N–H and O–H groups in total. The largest absolute Gasteiger partial charge is 0.352 e. The third kappa shape index (κ3) is 5.36. The summed E-state index contributed by atoms with van der Waals surface area (Å²) in [7, 11) is 0. The van der Waals surface area contributed by atoms with Gasteiger partial charge in [0.2, 0.25) is 5.91 Å². The highest BCUT2D eigenvalue weighted by Crippen LogP contribution is 2.22. The van der Waals surface area contributed by atoms with Gasteiger partial charge in [-0.05, 0) is 21.9 Å². The fraction of sp³-hybridized carbons (Fsp3) is 0.125. The van der Waals surface area contributed by atoms with Gasteiger partial charge in [-0.3, -0.25) is 9.59 Å². The normalized spacial score (nSPS) is 10.8. The Morgan fingerprint density at radius 2 is 1.67 bits per heavy atom. The molecule has 0 aliphatic rings. The van der Waals surface area contributed by atoms with Gasteiger partial charge in [0.15, 0.2) is 5.16 Å². The van der Waals surface area contributed by atoms with E-state index < -0.39 is 0 Å². The molecule has 0 radical (unpaired) electrons. The Morgan fingerprint density at radius 1 is 0.900 bits per heavy atom. The SMILES string of the molecule is O=C(Cc1cc(=O)[nH]c(SCc2ccc3ccccc3c2)n1)NCc1ccccc1. The molecule has 0 atom stereocenters. The van der Waals surface area contributed by atoms with Crippen molar-refractivity contribution in [2.45, 2.75) is 23.9 Å². The Morgan fingerprint density at radius 3 is 2.50 bits per heavy atom. The van der Waals surface area contributed by atoms with Gasteiger partial charge in [-0.15, -0.1) is 0 Å². The maximum absolute atomic E-state index is 12.2. The van der Waals surface area contributed by atoms with Crippen LogP contribution in [0, 0.1) is 0 Å². The number of rotatable bonds is 7. The fourth-order valence-electron chi connectivity index (χ4n) is 3.15. The highest BCUT2D eigenvalue weighted by molar-refractivity contribution is 7.98. The molecule has 0 aliphatic heterocycles. The van der Waals surface area contributed by atoms with Crippen molar-refractivity contribution in [3.8, 4) is 0 Å². The van der Waals surface area contributed by atoms with Crippen LogP contribution in [-0.2, 0) is 23.5 Å². The van der Waals surface area contributed by atoms with Crippen LogP contribution < -0.4 is 10.9 Å². The maximum Gasteiger partial charge on any atom is 0.251 e. The molecular weight excluding hydrogens is 394 g/mol. The first-order valence-electron chi connectivity index (χ1n) is 9.67. The van der Waals surface area contributed by atoms with Gasteiger partial charge in [0.1, 0.15) is 0 Å². The summed E-state index contributed by atoms with van der Waals surface area (Å²) in [6.45, 7) is 0.451. The monoisotopic (exact) mass is 415 g/mol. The zero-order valence-electron chi connectivity index (χ0n) is 16.3. The van der Waals surface area contributed by atoms with Crippen LogP contribution in [0.25, 0.3) is 10.8 Å². The number of nitrogens with one attached hydrogen (secondary N) is 2. The molecule has 0 bridgehead atoms. The summed E-state index contributed by atoms with van der Waals surface area (Å²) in [6, 6.07) is 25.6. The van der Waals surface area contributed by atoms with Gasteiger partial charge in [0.25, 0.3) is 5.56 Å². The topological polar surface area (TPSA) is 74.8 Å².